The monoisotopic (exact) mass is 141 g/mol. The van der Waals surface area contributed by atoms with Gasteiger partial charge in [0.25, 0.3) is 0 Å². The number of aliphatic hydroxyl groups excluding tert-OH is 1. The molecule has 0 aromatic heterocycles. The molecule has 0 aromatic rings. The van der Waals surface area contributed by atoms with Crippen molar-refractivity contribution in [2.24, 2.45) is 0 Å². The number of hydrogen-bond donors (Lipinski definition) is 2. The molecule has 0 aliphatic carbocycles. The Labute approximate surface area is 61.9 Å². The smallest absolute Gasteiger partial charge is 0.0658 e. The highest BCUT2D eigenvalue weighted by molar-refractivity contribution is 5.11. The third-order valence-corrected chi connectivity index (χ3v) is 1.94. The lowest BCUT2D eigenvalue weighted by Gasteiger charge is -2.18. The molecular formula is C8H15NO. The fraction of sp³-hybridized carbons (Fsp3) is 0.750. The zero-order valence-corrected chi connectivity index (χ0v) is 6.48. The second kappa shape index (κ2) is 3.62. The van der Waals surface area contributed by atoms with Crippen LogP contribution in [0.25, 0.3) is 0 Å². The van der Waals surface area contributed by atoms with Crippen LogP contribution in [0.2, 0.25) is 0 Å². The molecule has 1 fully saturated rings. The normalized spacial score (nSPS) is 23.8. The highest BCUT2D eigenvalue weighted by Crippen LogP contribution is 2.13. The average Bonchev–Trinajstić information content (AvgIpc) is 2.05. The summed E-state index contributed by atoms with van der Waals surface area (Å²) in [5.41, 5.74) is 2.36. The molecule has 0 radical (unpaired) electrons. The maximum atomic E-state index is 8.79. The van der Waals surface area contributed by atoms with Crippen molar-refractivity contribution < 1.29 is 5.11 Å². The van der Waals surface area contributed by atoms with E-state index in [0.717, 1.165) is 18.5 Å². The molecule has 0 unspecified atom stereocenters. The van der Waals surface area contributed by atoms with Crippen molar-refractivity contribution in [2.75, 3.05) is 13.2 Å². The molecule has 2 nitrogen and oxygen atoms in total. The van der Waals surface area contributed by atoms with Gasteiger partial charge in [0.05, 0.1) is 6.61 Å². The molecule has 1 aliphatic heterocycles. The predicted molar refractivity (Wildman–Crippen MR) is 41.6 cm³/mol. The minimum Gasteiger partial charge on any atom is -0.392 e. The van der Waals surface area contributed by atoms with E-state index in [9.17, 15) is 0 Å². The summed E-state index contributed by atoms with van der Waals surface area (Å²) >= 11 is 0. The molecule has 1 rings (SSSR count). The highest BCUT2D eigenvalue weighted by atomic mass is 16.3. The Bertz CT molecular complexity index is 132. The van der Waals surface area contributed by atoms with Gasteiger partial charge in [-0.05, 0) is 31.8 Å². The third kappa shape index (κ3) is 1.74. The van der Waals surface area contributed by atoms with Crippen LogP contribution in [-0.2, 0) is 0 Å². The van der Waals surface area contributed by atoms with E-state index in [4.69, 9.17) is 5.11 Å². The van der Waals surface area contributed by atoms with Crippen LogP contribution in [-0.4, -0.2) is 18.3 Å². The Morgan fingerprint density at radius 1 is 1.60 bits per heavy atom. The Hall–Kier alpha value is -0.500. The van der Waals surface area contributed by atoms with Crippen LogP contribution in [0.3, 0.4) is 0 Å². The van der Waals surface area contributed by atoms with E-state index in [2.05, 4.69) is 5.32 Å². The highest BCUT2D eigenvalue weighted by Gasteiger charge is 2.05. The van der Waals surface area contributed by atoms with Crippen LogP contribution in [0, 0.1) is 0 Å². The number of piperidine rings is 1. The molecule has 1 aliphatic rings. The van der Waals surface area contributed by atoms with Gasteiger partial charge in [-0.1, -0.05) is 0 Å². The topological polar surface area (TPSA) is 32.3 Å². The van der Waals surface area contributed by atoms with Crippen LogP contribution in [0.15, 0.2) is 11.3 Å². The van der Waals surface area contributed by atoms with Gasteiger partial charge in [0, 0.05) is 12.2 Å². The summed E-state index contributed by atoms with van der Waals surface area (Å²) in [6.07, 6.45) is 3.65. The molecule has 2 heteroatoms. The van der Waals surface area contributed by atoms with Gasteiger partial charge >= 0.3 is 0 Å². The van der Waals surface area contributed by atoms with Crippen molar-refractivity contribution in [2.45, 2.75) is 26.2 Å². The van der Waals surface area contributed by atoms with E-state index in [0.29, 0.717) is 0 Å². The molecule has 0 aromatic carbocycles. The lowest BCUT2D eigenvalue weighted by Crippen LogP contribution is -2.21. The van der Waals surface area contributed by atoms with Crippen molar-refractivity contribution in [3.05, 3.63) is 11.3 Å². The molecule has 0 spiro atoms. The molecule has 2 N–H and O–H groups in total. The number of nitrogens with one attached hydrogen (secondary N) is 1. The predicted octanol–water partition coefficient (Wildman–Crippen LogP) is 1.03. The van der Waals surface area contributed by atoms with E-state index in [1.165, 1.54) is 18.5 Å². The van der Waals surface area contributed by atoms with Crippen LogP contribution in [0.5, 0.6) is 0 Å². The van der Waals surface area contributed by atoms with Crippen molar-refractivity contribution >= 4 is 0 Å². The SMILES string of the molecule is CC(CO)=C1CCCCN1. The summed E-state index contributed by atoms with van der Waals surface area (Å²) in [4.78, 5) is 0. The first kappa shape index (κ1) is 7.61. The second-order valence-electron chi connectivity index (χ2n) is 2.80. The van der Waals surface area contributed by atoms with Gasteiger partial charge in [0.2, 0.25) is 0 Å². The maximum Gasteiger partial charge on any atom is 0.0658 e. The molecular weight excluding hydrogens is 126 g/mol. The lowest BCUT2D eigenvalue weighted by atomic mass is 10.1. The van der Waals surface area contributed by atoms with Crippen LogP contribution in [0.4, 0.5) is 0 Å². The zero-order chi connectivity index (χ0) is 7.40. The van der Waals surface area contributed by atoms with Crippen LogP contribution < -0.4 is 5.32 Å². The van der Waals surface area contributed by atoms with Gasteiger partial charge in [-0.3, -0.25) is 0 Å². The zero-order valence-electron chi connectivity index (χ0n) is 6.48. The molecule has 0 bridgehead atoms. The Morgan fingerprint density at radius 3 is 2.90 bits per heavy atom. The van der Waals surface area contributed by atoms with Crippen molar-refractivity contribution in [1.82, 2.24) is 5.32 Å². The van der Waals surface area contributed by atoms with Gasteiger partial charge < -0.3 is 10.4 Å². The van der Waals surface area contributed by atoms with Gasteiger partial charge in [-0.2, -0.15) is 0 Å². The molecule has 10 heavy (non-hydrogen) atoms. The summed E-state index contributed by atoms with van der Waals surface area (Å²) in [6.45, 7) is 3.25. The van der Waals surface area contributed by atoms with Crippen molar-refractivity contribution in [3.63, 3.8) is 0 Å². The molecule has 58 valence electrons. The van der Waals surface area contributed by atoms with Gasteiger partial charge in [-0.15, -0.1) is 0 Å². The molecule has 0 saturated carbocycles. The third-order valence-electron chi connectivity index (χ3n) is 1.94. The van der Waals surface area contributed by atoms with E-state index >= 15 is 0 Å². The minimum atomic E-state index is 0.197. The first-order chi connectivity index (χ1) is 4.84. The molecule has 0 amide bonds. The summed E-state index contributed by atoms with van der Waals surface area (Å²) in [5, 5.41) is 12.1. The standard InChI is InChI=1S/C8H15NO/c1-7(6-10)8-4-2-3-5-9-8/h9-10H,2-6H2,1H3. The quantitative estimate of drug-likeness (QED) is 0.571. The first-order valence-electron chi connectivity index (χ1n) is 3.88. The van der Waals surface area contributed by atoms with E-state index < -0.39 is 0 Å². The minimum absolute atomic E-state index is 0.197. The fourth-order valence-electron chi connectivity index (χ4n) is 1.21. The van der Waals surface area contributed by atoms with Gasteiger partial charge in [-0.25, -0.2) is 0 Å². The summed E-state index contributed by atoms with van der Waals surface area (Å²) < 4.78 is 0. The lowest BCUT2D eigenvalue weighted by molar-refractivity contribution is 0.327. The second-order valence-corrected chi connectivity index (χ2v) is 2.80. The van der Waals surface area contributed by atoms with Crippen molar-refractivity contribution in [3.8, 4) is 0 Å². The Kier molecular flexibility index (Phi) is 2.75. The van der Waals surface area contributed by atoms with Crippen LogP contribution >= 0.6 is 0 Å². The number of allylic oxidation sites excluding steroid dienone is 1. The Morgan fingerprint density at radius 2 is 2.40 bits per heavy atom. The van der Waals surface area contributed by atoms with E-state index in [-0.39, 0.29) is 6.61 Å². The summed E-state index contributed by atoms with van der Waals surface area (Å²) in [6, 6.07) is 0. The number of hydrogen-bond acceptors (Lipinski definition) is 2. The summed E-state index contributed by atoms with van der Waals surface area (Å²) in [7, 11) is 0. The molecule has 0 atom stereocenters. The van der Waals surface area contributed by atoms with E-state index in [1.807, 2.05) is 6.92 Å². The summed E-state index contributed by atoms with van der Waals surface area (Å²) in [5.74, 6) is 0. The maximum absolute atomic E-state index is 8.79. The number of rotatable bonds is 1. The van der Waals surface area contributed by atoms with Gasteiger partial charge in [0.15, 0.2) is 0 Å². The fourth-order valence-corrected chi connectivity index (χ4v) is 1.21. The molecule has 1 heterocycles. The largest absolute Gasteiger partial charge is 0.392 e. The van der Waals surface area contributed by atoms with Crippen molar-refractivity contribution in [1.29, 1.82) is 0 Å². The van der Waals surface area contributed by atoms with Gasteiger partial charge in [0.1, 0.15) is 0 Å². The number of aliphatic hydroxyl groups is 1. The van der Waals surface area contributed by atoms with Crippen LogP contribution in [0.1, 0.15) is 26.2 Å². The molecule has 1 saturated heterocycles. The Balaban J connectivity index is 2.51. The first-order valence-corrected chi connectivity index (χ1v) is 3.88. The van der Waals surface area contributed by atoms with E-state index in [1.54, 1.807) is 0 Å². The average molecular weight is 141 g/mol.